The van der Waals surface area contributed by atoms with Gasteiger partial charge in [0.05, 0.1) is 12.1 Å². The normalized spacial score (nSPS) is 14.5. The van der Waals surface area contributed by atoms with Crippen molar-refractivity contribution in [2.24, 2.45) is 5.73 Å². The zero-order valence-corrected chi connectivity index (χ0v) is 15.4. The third-order valence-electron chi connectivity index (χ3n) is 4.42. The molecule has 28 heavy (non-hydrogen) atoms. The van der Waals surface area contributed by atoms with E-state index in [1.54, 1.807) is 44.3 Å². The van der Waals surface area contributed by atoms with Gasteiger partial charge in [-0.15, -0.1) is 0 Å². The maximum atomic E-state index is 11.5. The molecule has 1 aliphatic heterocycles. The number of carbonyl (C=O) groups excluding carboxylic acids is 1. The van der Waals surface area contributed by atoms with Crippen LogP contribution in [-0.2, 0) is 12.1 Å². The van der Waals surface area contributed by atoms with Gasteiger partial charge in [0.15, 0.2) is 5.60 Å². The molecule has 142 valence electrons. The second-order valence-corrected chi connectivity index (χ2v) is 6.71. The molecule has 4 rings (SSSR count). The molecule has 3 N–H and O–H groups in total. The number of aliphatic hydroxyl groups is 1. The van der Waals surface area contributed by atoms with E-state index in [9.17, 15) is 9.90 Å². The summed E-state index contributed by atoms with van der Waals surface area (Å²) in [6, 6.07) is 7.04. The van der Waals surface area contributed by atoms with Crippen LogP contribution >= 0.6 is 0 Å². The third-order valence-corrected chi connectivity index (χ3v) is 4.42. The quantitative estimate of drug-likeness (QED) is 0.654. The summed E-state index contributed by atoms with van der Waals surface area (Å²) in [5, 5.41) is 14.4. The van der Waals surface area contributed by atoms with Crippen LogP contribution in [0.4, 0.5) is 0 Å². The summed E-state index contributed by atoms with van der Waals surface area (Å²) in [6.07, 6.45) is 1.62. The molecule has 1 amide bonds. The Bertz CT molecular complexity index is 1130. The van der Waals surface area contributed by atoms with E-state index in [0.29, 0.717) is 47.3 Å². The first kappa shape index (κ1) is 17.8. The Morgan fingerprint density at radius 2 is 2.21 bits per heavy atom. The van der Waals surface area contributed by atoms with Crippen molar-refractivity contribution in [3.05, 3.63) is 53.2 Å². The van der Waals surface area contributed by atoms with Crippen LogP contribution in [0.2, 0.25) is 0 Å². The Morgan fingerprint density at radius 3 is 2.93 bits per heavy atom. The third kappa shape index (κ3) is 3.23. The van der Waals surface area contributed by atoms with E-state index in [-0.39, 0.29) is 5.69 Å². The van der Waals surface area contributed by atoms with Crippen LogP contribution < -0.4 is 10.5 Å². The Labute approximate surface area is 160 Å². The highest BCUT2D eigenvalue weighted by atomic mass is 16.5. The molecule has 0 saturated carbocycles. The maximum absolute atomic E-state index is 11.5. The standard InChI is InChI=1S/C20H18N4O4/c1-12-9-17(23-28-12)20(2,26)6-5-13-3-4-16-14(10-13)19-22-15(18(21)25)11-24(19)7-8-27-16/h3-4,9-11,26H,7-8H2,1-2H3,(H2,21,25)/t20-/m0/s1. The molecule has 0 radical (unpaired) electrons. The predicted octanol–water partition coefficient (Wildman–Crippen LogP) is 1.60. The van der Waals surface area contributed by atoms with Crippen LogP contribution in [0.15, 0.2) is 35.0 Å². The van der Waals surface area contributed by atoms with Gasteiger partial charge in [0, 0.05) is 17.8 Å². The molecule has 1 aliphatic rings. The summed E-state index contributed by atoms with van der Waals surface area (Å²) >= 11 is 0. The van der Waals surface area contributed by atoms with Crippen molar-refractivity contribution in [2.75, 3.05) is 6.61 Å². The number of rotatable bonds is 2. The lowest BCUT2D eigenvalue weighted by molar-refractivity contribution is 0.0995. The molecule has 1 aromatic carbocycles. The molecule has 3 heterocycles. The minimum atomic E-state index is -1.46. The van der Waals surface area contributed by atoms with Gasteiger partial charge in [-0.2, -0.15) is 0 Å². The van der Waals surface area contributed by atoms with Crippen molar-refractivity contribution in [1.29, 1.82) is 0 Å². The molecule has 0 saturated heterocycles. The SMILES string of the molecule is Cc1cc([C@@](C)(O)C#Cc2ccc3c(c2)-c2nc(C(N)=O)cn2CCO3)no1. The van der Waals surface area contributed by atoms with Crippen LogP contribution in [0.3, 0.4) is 0 Å². The molecule has 0 fully saturated rings. The van der Waals surface area contributed by atoms with Crippen LogP contribution in [0, 0.1) is 18.8 Å². The molecule has 0 bridgehead atoms. The summed E-state index contributed by atoms with van der Waals surface area (Å²) in [5.74, 6) is 7.01. The number of ether oxygens (including phenoxy) is 1. The minimum Gasteiger partial charge on any atom is -0.491 e. The first-order valence-corrected chi connectivity index (χ1v) is 8.67. The fourth-order valence-electron chi connectivity index (χ4n) is 2.94. The van der Waals surface area contributed by atoms with Crippen molar-refractivity contribution in [3.63, 3.8) is 0 Å². The van der Waals surface area contributed by atoms with Crippen molar-refractivity contribution in [1.82, 2.24) is 14.7 Å². The zero-order chi connectivity index (χ0) is 19.9. The molecule has 0 spiro atoms. The van der Waals surface area contributed by atoms with Gasteiger partial charge in [-0.3, -0.25) is 4.79 Å². The number of benzene rings is 1. The van der Waals surface area contributed by atoms with Crippen LogP contribution in [0.25, 0.3) is 11.4 Å². The number of fused-ring (bicyclic) bond motifs is 3. The molecule has 8 heteroatoms. The maximum Gasteiger partial charge on any atom is 0.268 e. The van der Waals surface area contributed by atoms with Gasteiger partial charge in [0.1, 0.15) is 35.3 Å². The Balaban J connectivity index is 1.73. The summed E-state index contributed by atoms with van der Waals surface area (Å²) in [6.45, 7) is 4.29. The number of imidazole rings is 1. The van der Waals surface area contributed by atoms with Gasteiger partial charge >= 0.3 is 0 Å². The Hall–Kier alpha value is -3.57. The van der Waals surface area contributed by atoms with E-state index in [2.05, 4.69) is 22.0 Å². The number of aromatic nitrogens is 3. The summed E-state index contributed by atoms with van der Waals surface area (Å²) in [5.41, 5.74) is 5.80. The molecule has 8 nitrogen and oxygen atoms in total. The Morgan fingerprint density at radius 1 is 1.39 bits per heavy atom. The first-order valence-electron chi connectivity index (χ1n) is 8.67. The van der Waals surface area contributed by atoms with Crippen LogP contribution in [0.5, 0.6) is 5.75 Å². The molecule has 0 unspecified atom stereocenters. The van der Waals surface area contributed by atoms with Gasteiger partial charge in [-0.05, 0) is 32.0 Å². The topological polar surface area (TPSA) is 116 Å². The van der Waals surface area contributed by atoms with Crippen LogP contribution in [-0.4, -0.2) is 32.3 Å². The van der Waals surface area contributed by atoms with E-state index >= 15 is 0 Å². The van der Waals surface area contributed by atoms with Gasteiger partial charge in [-0.25, -0.2) is 4.98 Å². The lowest BCUT2D eigenvalue weighted by atomic mass is 10.0. The Kier molecular flexibility index (Phi) is 4.17. The number of hydrogen-bond acceptors (Lipinski definition) is 6. The summed E-state index contributed by atoms with van der Waals surface area (Å²) in [4.78, 5) is 15.8. The summed E-state index contributed by atoms with van der Waals surface area (Å²) in [7, 11) is 0. The first-order chi connectivity index (χ1) is 13.3. The number of hydrogen-bond donors (Lipinski definition) is 2. The fourth-order valence-corrected chi connectivity index (χ4v) is 2.94. The highest BCUT2D eigenvalue weighted by Crippen LogP contribution is 2.32. The monoisotopic (exact) mass is 378 g/mol. The molecule has 2 aromatic heterocycles. The molecule has 1 atom stereocenters. The predicted molar refractivity (Wildman–Crippen MR) is 99.4 cm³/mol. The second kappa shape index (κ2) is 6.55. The second-order valence-electron chi connectivity index (χ2n) is 6.71. The van der Waals surface area contributed by atoms with E-state index in [1.165, 1.54) is 0 Å². The van der Waals surface area contributed by atoms with Gasteiger partial charge in [-0.1, -0.05) is 17.0 Å². The van der Waals surface area contributed by atoms with Crippen LogP contribution in [0.1, 0.15) is 34.4 Å². The average Bonchev–Trinajstić information content (AvgIpc) is 3.24. The zero-order valence-electron chi connectivity index (χ0n) is 15.4. The van der Waals surface area contributed by atoms with Gasteiger partial charge in [0.2, 0.25) is 0 Å². The number of aryl methyl sites for hydroxylation is 1. The number of carbonyl (C=O) groups is 1. The highest BCUT2D eigenvalue weighted by Gasteiger charge is 2.25. The lowest BCUT2D eigenvalue weighted by Gasteiger charge is -2.11. The smallest absolute Gasteiger partial charge is 0.268 e. The minimum absolute atomic E-state index is 0.198. The summed E-state index contributed by atoms with van der Waals surface area (Å²) < 4.78 is 12.6. The highest BCUT2D eigenvalue weighted by molar-refractivity contribution is 5.91. The van der Waals surface area contributed by atoms with Crippen molar-refractivity contribution < 1.29 is 19.2 Å². The molecule has 0 aliphatic carbocycles. The van der Waals surface area contributed by atoms with Gasteiger partial charge < -0.3 is 24.7 Å². The molecular formula is C20H18N4O4. The average molecular weight is 378 g/mol. The number of primary amides is 1. The van der Waals surface area contributed by atoms with Crippen molar-refractivity contribution >= 4 is 5.91 Å². The largest absolute Gasteiger partial charge is 0.491 e. The van der Waals surface area contributed by atoms with E-state index < -0.39 is 11.5 Å². The van der Waals surface area contributed by atoms with Gasteiger partial charge in [0.25, 0.3) is 5.91 Å². The number of amides is 1. The van der Waals surface area contributed by atoms with E-state index in [1.807, 2.05) is 4.57 Å². The molecular weight excluding hydrogens is 360 g/mol. The molecule has 3 aromatic rings. The van der Waals surface area contributed by atoms with Crippen molar-refractivity contribution in [2.45, 2.75) is 26.0 Å². The van der Waals surface area contributed by atoms with E-state index in [4.69, 9.17) is 15.0 Å². The lowest BCUT2D eigenvalue weighted by Crippen LogP contribution is -2.18. The van der Waals surface area contributed by atoms with Crippen molar-refractivity contribution in [3.8, 4) is 29.0 Å². The number of nitrogens with two attached hydrogens (primary N) is 1. The van der Waals surface area contributed by atoms with E-state index in [0.717, 1.165) is 0 Å². The number of nitrogens with zero attached hydrogens (tertiary/aromatic N) is 3. The fraction of sp³-hybridized carbons (Fsp3) is 0.250.